The van der Waals surface area contributed by atoms with Gasteiger partial charge >= 0.3 is 0 Å². The van der Waals surface area contributed by atoms with E-state index in [2.05, 4.69) is 10.3 Å². The number of aromatic nitrogens is 3. The lowest BCUT2D eigenvalue weighted by molar-refractivity contribution is 0.114. The Kier molecular flexibility index (Phi) is 1.77. The van der Waals surface area contributed by atoms with Gasteiger partial charge in [-0.3, -0.25) is 0 Å². The Morgan fingerprint density at radius 1 is 1.62 bits per heavy atom. The molecule has 0 radical (unpaired) electrons. The van der Waals surface area contributed by atoms with Crippen LogP contribution in [0.2, 0.25) is 0 Å². The molecule has 4 nitrogen and oxygen atoms in total. The molecule has 1 unspecified atom stereocenters. The summed E-state index contributed by atoms with van der Waals surface area (Å²) >= 11 is 0. The van der Waals surface area contributed by atoms with E-state index in [1.165, 1.54) is 0 Å². The fourth-order valence-electron chi connectivity index (χ4n) is 1.33. The van der Waals surface area contributed by atoms with Crippen LogP contribution < -0.4 is 0 Å². The number of nitrogens with zero attached hydrogens (tertiary/aromatic N) is 3. The Labute approximate surface area is 76.2 Å². The maximum Gasteiger partial charge on any atom is 0.0857 e. The summed E-state index contributed by atoms with van der Waals surface area (Å²) in [6, 6.07) is 0. The van der Waals surface area contributed by atoms with Crippen molar-refractivity contribution in [2.75, 3.05) is 0 Å². The molecule has 4 heteroatoms. The van der Waals surface area contributed by atoms with Crippen molar-refractivity contribution in [1.82, 2.24) is 15.0 Å². The Hall–Kier alpha value is -1.42. The smallest absolute Gasteiger partial charge is 0.0857 e. The summed E-state index contributed by atoms with van der Waals surface area (Å²) in [6.45, 7) is 1.77. The third kappa shape index (κ3) is 1.67. The van der Waals surface area contributed by atoms with Crippen LogP contribution in [0.25, 0.3) is 5.70 Å². The maximum atomic E-state index is 9.75. The molecule has 68 valence electrons. The molecule has 0 bridgehead atoms. The molecule has 1 aromatic rings. The molecular formula is C9H11N3O. The summed E-state index contributed by atoms with van der Waals surface area (Å²) < 4.78 is 1.63. The van der Waals surface area contributed by atoms with Crippen LogP contribution >= 0.6 is 0 Å². The second-order valence-electron chi connectivity index (χ2n) is 3.38. The van der Waals surface area contributed by atoms with Gasteiger partial charge in [0, 0.05) is 0 Å². The average Bonchev–Trinajstić information content (AvgIpc) is 2.53. The fourth-order valence-corrected chi connectivity index (χ4v) is 1.33. The van der Waals surface area contributed by atoms with Crippen LogP contribution in [0, 0.1) is 0 Å². The van der Waals surface area contributed by atoms with Crippen molar-refractivity contribution >= 4 is 5.70 Å². The van der Waals surface area contributed by atoms with Gasteiger partial charge in [0.1, 0.15) is 0 Å². The van der Waals surface area contributed by atoms with E-state index in [-0.39, 0.29) is 0 Å². The number of hydrogen-bond donors (Lipinski definition) is 1. The Bertz CT molecular complexity index is 349. The largest absolute Gasteiger partial charge is 0.386 e. The Morgan fingerprint density at radius 2 is 2.46 bits per heavy atom. The highest BCUT2D eigenvalue weighted by Crippen LogP contribution is 2.22. The lowest BCUT2D eigenvalue weighted by Gasteiger charge is -2.21. The van der Waals surface area contributed by atoms with Gasteiger partial charge in [0.2, 0.25) is 0 Å². The van der Waals surface area contributed by atoms with Gasteiger partial charge in [-0.1, -0.05) is 11.3 Å². The molecule has 0 aromatic carbocycles. The lowest BCUT2D eigenvalue weighted by atomic mass is 9.96. The van der Waals surface area contributed by atoms with Crippen LogP contribution in [0.3, 0.4) is 0 Å². The first-order valence-corrected chi connectivity index (χ1v) is 4.16. The normalized spacial score (nSPS) is 27.4. The molecule has 0 amide bonds. The van der Waals surface area contributed by atoms with Crippen molar-refractivity contribution in [3.05, 3.63) is 30.6 Å². The molecule has 2 rings (SSSR count). The molecular weight excluding hydrogens is 166 g/mol. The molecule has 1 aliphatic rings. The summed E-state index contributed by atoms with van der Waals surface area (Å²) in [5.41, 5.74) is 0.0875. The monoisotopic (exact) mass is 177 g/mol. The van der Waals surface area contributed by atoms with Crippen LogP contribution in [-0.4, -0.2) is 25.7 Å². The van der Waals surface area contributed by atoms with E-state index >= 15 is 0 Å². The summed E-state index contributed by atoms with van der Waals surface area (Å²) in [4.78, 5) is 0. The molecule has 0 fully saturated rings. The van der Waals surface area contributed by atoms with E-state index in [4.69, 9.17) is 0 Å². The zero-order valence-corrected chi connectivity index (χ0v) is 7.38. The SMILES string of the molecule is CC1(O)C=C(n2ccnn2)C=CC1. The van der Waals surface area contributed by atoms with E-state index in [9.17, 15) is 5.11 Å². The molecule has 0 saturated heterocycles. The molecule has 0 saturated carbocycles. The second kappa shape index (κ2) is 2.81. The van der Waals surface area contributed by atoms with Crippen molar-refractivity contribution in [2.45, 2.75) is 18.9 Å². The summed E-state index contributed by atoms with van der Waals surface area (Å²) in [6.07, 6.45) is 9.63. The van der Waals surface area contributed by atoms with Crippen LogP contribution in [0.15, 0.2) is 30.6 Å². The standard InChI is InChI=1S/C9H11N3O/c1-9(13)4-2-3-8(7-9)12-6-5-10-11-12/h2-3,5-7,13H,4H2,1H3. The van der Waals surface area contributed by atoms with Gasteiger partial charge in [-0.25, -0.2) is 4.68 Å². The fraction of sp³-hybridized carbons (Fsp3) is 0.333. The van der Waals surface area contributed by atoms with Crippen molar-refractivity contribution in [1.29, 1.82) is 0 Å². The number of rotatable bonds is 1. The van der Waals surface area contributed by atoms with Crippen LogP contribution in [0.1, 0.15) is 13.3 Å². The number of hydrogen-bond acceptors (Lipinski definition) is 3. The molecule has 1 aliphatic carbocycles. The molecule has 1 heterocycles. The van der Waals surface area contributed by atoms with Gasteiger partial charge in [0.05, 0.1) is 23.7 Å². The van der Waals surface area contributed by atoms with Crippen molar-refractivity contribution < 1.29 is 5.11 Å². The zero-order chi connectivity index (χ0) is 9.31. The predicted octanol–water partition coefficient (Wildman–Crippen LogP) is 0.830. The molecule has 1 atom stereocenters. The highest BCUT2D eigenvalue weighted by atomic mass is 16.3. The quantitative estimate of drug-likeness (QED) is 0.691. The van der Waals surface area contributed by atoms with E-state index in [1.807, 2.05) is 12.2 Å². The molecule has 13 heavy (non-hydrogen) atoms. The minimum Gasteiger partial charge on any atom is -0.386 e. The first kappa shape index (κ1) is 8.19. The first-order chi connectivity index (χ1) is 6.17. The zero-order valence-electron chi connectivity index (χ0n) is 7.38. The van der Waals surface area contributed by atoms with Gasteiger partial charge < -0.3 is 5.11 Å². The number of aliphatic hydroxyl groups is 1. The topological polar surface area (TPSA) is 50.9 Å². The highest BCUT2D eigenvalue weighted by Gasteiger charge is 2.19. The van der Waals surface area contributed by atoms with Gasteiger partial charge in [-0.15, -0.1) is 5.10 Å². The van der Waals surface area contributed by atoms with Crippen LogP contribution in [0.4, 0.5) is 0 Å². The number of allylic oxidation sites excluding steroid dienone is 2. The minimum absolute atomic E-state index is 0.644. The average molecular weight is 177 g/mol. The van der Waals surface area contributed by atoms with Gasteiger partial charge in [0.25, 0.3) is 0 Å². The van der Waals surface area contributed by atoms with Crippen LogP contribution in [-0.2, 0) is 0 Å². The predicted molar refractivity (Wildman–Crippen MR) is 48.7 cm³/mol. The highest BCUT2D eigenvalue weighted by molar-refractivity contribution is 5.59. The summed E-state index contributed by atoms with van der Waals surface area (Å²) in [5, 5.41) is 17.3. The second-order valence-corrected chi connectivity index (χ2v) is 3.38. The molecule has 0 aliphatic heterocycles. The third-order valence-corrected chi connectivity index (χ3v) is 1.97. The van der Waals surface area contributed by atoms with Crippen molar-refractivity contribution in [2.24, 2.45) is 0 Å². The Morgan fingerprint density at radius 3 is 3.08 bits per heavy atom. The lowest BCUT2D eigenvalue weighted by Crippen LogP contribution is -2.23. The van der Waals surface area contributed by atoms with Gasteiger partial charge in [0.15, 0.2) is 0 Å². The van der Waals surface area contributed by atoms with Crippen molar-refractivity contribution in [3.8, 4) is 0 Å². The van der Waals surface area contributed by atoms with Crippen molar-refractivity contribution in [3.63, 3.8) is 0 Å². The van der Waals surface area contributed by atoms with Crippen LogP contribution in [0.5, 0.6) is 0 Å². The minimum atomic E-state index is -0.768. The van der Waals surface area contributed by atoms with Gasteiger partial charge in [-0.2, -0.15) is 0 Å². The van der Waals surface area contributed by atoms with E-state index in [0.29, 0.717) is 6.42 Å². The van der Waals surface area contributed by atoms with E-state index in [1.54, 1.807) is 30.1 Å². The summed E-state index contributed by atoms with van der Waals surface area (Å²) in [5.74, 6) is 0. The Balaban J connectivity index is 2.35. The molecule has 1 N–H and O–H groups in total. The summed E-state index contributed by atoms with van der Waals surface area (Å²) in [7, 11) is 0. The van der Waals surface area contributed by atoms with Gasteiger partial charge in [-0.05, 0) is 25.5 Å². The third-order valence-electron chi connectivity index (χ3n) is 1.97. The molecule has 0 spiro atoms. The van der Waals surface area contributed by atoms with E-state index in [0.717, 1.165) is 5.70 Å². The maximum absolute atomic E-state index is 9.75. The molecule has 1 aromatic heterocycles. The van der Waals surface area contributed by atoms with E-state index < -0.39 is 5.60 Å². The first-order valence-electron chi connectivity index (χ1n) is 4.16.